The Hall–Kier alpha value is -4.72. The number of hydrogen-bond acceptors (Lipinski definition) is 2. The number of hydrogen-bond donors (Lipinski definition) is 0. The van der Waals surface area contributed by atoms with Gasteiger partial charge in [0.1, 0.15) is 5.82 Å². The van der Waals surface area contributed by atoms with Gasteiger partial charge in [-0.1, -0.05) is 104 Å². The maximum Gasteiger partial charge on any atom is 0.175 e. The summed E-state index contributed by atoms with van der Waals surface area (Å²) in [5.74, 6) is 0.990. The number of nitrogens with zero attached hydrogens (tertiary/aromatic N) is 2. The Morgan fingerprint density at radius 2 is 1.37 bits per heavy atom. The molecule has 1 aliphatic carbocycles. The van der Waals surface area contributed by atoms with Crippen molar-refractivity contribution in [2.75, 3.05) is 0 Å². The molecule has 0 bridgehead atoms. The normalized spacial score (nSPS) is 16.2. The van der Waals surface area contributed by atoms with Gasteiger partial charge in [-0.05, 0) is 68.4 Å². The molecule has 194 valence electrons. The molecule has 0 radical (unpaired) electrons. The molecule has 0 saturated carbocycles. The zero-order valence-electron chi connectivity index (χ0n) is 22.5. The van der Waals surface area contributed by atoms with Gasteiger partial charge in [-0.15, -0.1) is 0 Å². The van der Waals surface area contributed by atoms with E-state index in [-0.39, 0.29) is 0 Å². The highest BCUT2D eigenvalue weighted by molar-refractivity contribution is 7.86. The van der Waals surface area contributed by atoms with E-state index in [9.17, 15) is 0 Å². The van der Waals surface area contributed by atoms with Crippen molar-refractivity contribution in [3.05, 3.63) is 127 Å². The van der Waals surface area contributed by atoms with Gasteiger partial charge in [-0.25, -0.2) is 4.98 Å². The summed E-state index contributed by atoms with van der Waals surface area (Å²) in [6, 6.07) is 42.4. The van der Waals surface area contributed by atoms with Crippen LogP contribution in [0.25, 0.3) is 60.9 Å². The molecule has 1 aromatic heterocycles. The summed E-state index contributed by atoms with van der Waals surface area (Å²) in [6.45, 7) is 2.13. The third kappa shape index (κ3) is 2.89. The number of para-hydroxylation sites is 1. The van der Waals surface area contributed by atoms with Gasteiger partial charge in [0.25, 0.3) is 0 Å². The topological polar surface area (TPSA) is 34.9 Å². The van der Waals surface area contributed by atoms with Crippen molar-refractivity contribution >= 4 is 44.9 Å². The zero-order valence-corrected chi connectivity index (χ0v) is 23.4. The van der Waals surface area contributed by atoms with Crippen molar-refractivity contribution in [3.63, 3.8) is 0 Å². The van der Waals surface area contributed by atoms with Crippen LogP contribution in [0.1, 0.15) is 12.7 Å². The molecule has 2 heterocycles. The molecule has 6 aromatic carbocycles. The van der Waals surface area contributed by atoms with E-state index < -0.39 is 7.14 Å². The van der Waals surface area contributed by atoms with Crippen LogP contribution in [0, 0.1) is 0 Å². The summed E-state index contributed by atoms with van der Waals surface area (Å²) in [7, 11) is -3.18. The second-order valence-corrected chi connectivity index (χ2v) is 13.6. The van der Waals surface area contributed by atoms with Crippen molar-refractivity contribution in [1.82, 2.24) is 9.55 Å². The lowest BCUT2D eigenvalue weighted by Gasteiger charge is -2.29. The summed E-state index contributed by atoms with van der Waals surface area (Å²) in [5.41, 5.74) is 10.2. The number of aryl methyl sites for hydroxylation is 1. The summed E-state index contributed by atoms with van der Waals surface area (Å²) in [4.78, 5) is 4.97. The molecule has 2 aliphatic rings. The molecule has 0 saturated heterocycles. The molecule has 0 fully saturated rings. The first-order chi connectivity index (χ1) is 20.2. The van der Waals surface area contributed by atoms with E-state index in [2.05, 4.69) is 84.3 Å². The molecule has 0 N–H and O–H groups in total. The average Bonchev–Trinajstić information content (AvgIpc) is 3.58. The molecule has 7 aromatic rings. The quantitative estimate of drug-likeness (QED) is 0.211. The summed E-state index contributed by atoms with van der Waals surface area (Å²) >= 11 is 0. The summed E-state index contributed by atoms with van der Waals surface area (Å²) in [5, 5.41) is 5.12. The van der Waals surface area contributed by atoms with Crippen LogP contribution in [0.4, 0.5) is 0 Å². The van der Waals surface area contributed by atoms with Gasteiger partial charge in [0.15, 0.2) is 7.14 Å². The van der Waals surface area contributed by atoms with Crippen LogP contribution >= 0.6 is 7.14 Å². The molecule has 3 nitrogen and oxygen atoms in total. The lowest BCUT2D eigenvalue weighted by molar-refractivity contribution is 0.592. The van der Waals surface area contributed by atoms with Crippen LogP contribution in [0.5, 0.6) is 0 Å². The Labute approximate surface area is 238 Å². The minimum atomic E-state index is -3.18. The Balaban J connectivity index is 1.36. The predicted octanol–water partition coefficient (Wildman–Crippen LogP) is 8.01. The Bertz CT molecular complexity index is 2250. The number of aromatic nitrogens is 2. The summed E-state index contributed by atoms with van der Waals surface area (Å²) < 4.78 is 17.9. The van der Waals surface area contributed by atoms with Crippen molar-refractivity contribution in [3.8, 4) is 39.1 Å². The van der Waals surface area contributed by atoms with Crippen LogP contribution in [-0.4, -0.2) is 9.55 Å². The molecule has 41 heavy (non-hydrogen) atoms. The SMILES string of the molecule is CCc1nc2cccc3c2n1-c1ccc(-c2ccc4c5c(cccc25)-c2ccccc2-4)cc1P3(=O)c1ccccc1. The zero-order chi connectivity index (χ0) is 27.3. The molecule has 1 unspecified atom stereocenters. The third-order valence-corrected chi connectivity index (χ3v) is 12.0. The van der Waals surface area contributed by atoms with E-state index in [1.54, 1.807) is 0 Å². The second-order valence-electron chi connectivity index (χ2n) is 10.9. The second kappa shape index (κ2) is 8.16. The number of imidazole rings is 1. The van der Waals surface area contributed by atoms with Crippen molar-refractivity contribution < 1.29 is 4.57 Å². The van der Waals surface area contributed by atoms with Crippen LogP contribution in [0.3, 0.4) is 0 Å². The van der Waals surface area contributed by atoms with Crippen LogP contribution in [-0.2, 0) is 11.0 Å². The average molecular weight is 545 g/mol. The lowest BCUT2D eigenvalue weighted by atomic mass is 9.94. The number of rotatable bonds is 3. The van der Waals surface area contributed by atoms with Crippen molar-refractivity contribution in [2.45, 2.75) is 13.3 Å². The highest BCUT2D eigenvalue weighted by atomic mass is 31.2. The molecule has 1 atom stereocenters. The van der Waals surface area contributed by atoms with Gasteiger partial charge >= 0.3 is 0 Å². The Morgan fingerprint density at radius 3 is 2.17 bits per heavy atom. The fourth-order valence-electron chi connectivity index (χ4n) is 7.15. The van der Waals surface area contributed by atoms with Gasteiger partial charge < -0.3 is 4.57 Å². The van der Waals surface area contributed by atoms with E-state index in [0.717, 1.165) is 56.0 Å². The molecular weight excluding hydrogens is 519 g/mol. The monoisotopic (exact) mass is 544 g/mol. The van der Waals surface area contributed by atoms with Crippen LogP contribution in [0.2, 0.25) is 0 Å². The molecule has 0 spiro atoms. The maximum atomic E-state index is 15.6. The first kappa shape index (κ1) is 23.0. The van der Waals surface area contributed by atoms with Crippen LogP contribution in [0.15, 0.2) is 121 Å². The van der Waals surface area contributed by atoms with Crippen LogP contribution < -0.4 is 15.9 Å². The molecule has 9 rings (SSSR count). The van der Waals surface area contributed by atoms with Gasteiger partial charge in [0.2, 0.25) is 0 Å². The standard InChI is InChI=1S/C37H25N2OP/c1-2-35-38-31-16-9-17-33-37(31)39(35)32-21-18-23(22-34(32)41(33,40)24-10-4-3-5-11-24)25-19-20-30-27-13-7-6-12-26(27)29-15-8-14-28(25)36(29)30/h3-22H,2H2,1H3. The van der Waals surface area contributed by atoms with Gasteiger partial charge in [-0.2, -0.15) is 0 Å². The first-order valence-electron chi connectivity index (χ1n) is 14.2. The fraction of sp³-hybridized carbons (Fsp3) is 0.0541. The Morgan fingerprint density at radius 1 is 0.659 bits per heavy atom. The van der Waals surface area contributed by atoms with E-state index in [1.165, 1.54) is 33.0 Å². The first-order valence-corrected chi connectivity index (χ1v) is 15.9. The van der Waals surface area contributed by atoms with E-state index >= 15 is 4.57 Å². The summed E-state index contributed by atoms with van der Waals surface area (Å²) in [6.07, 6.45) is 0.792. The largest absolute Gasteiger partial charge is 0.308 e. The molecule has 0 amide bonds. The van der Waals surface area contributed by atoms with E-state index in [0.29, 0.717) is 0 Å². The smallest absolute Gasteiger partial charge is 0.175 e. The van der Waals surface area contributed by atoms with E-state index in [4.69, 9.17) is 4.98 Å². The van der Waals surface area contributed by atoms with E-state index in [1.807, 2.05) is 48.5 Å². The van der Waals surface area contributed by atoms with Gasteiger partial charge in [0.05, 0.1) is 16.7 Å². The van der Waals surface area contributed by atoms with Gasteiger partial charge in [0, 0.05) is 22.3 Å². The minimum absolute atomic E-state index is 0.792. The molecule has 1 aliphatic heterocycles. The molecular formula is C37H25N2OP. The highest BCUT2D eigenvalue weighted by Crippen LogP contribution is 2.52. The van der Waals surface area contributed by atoms with Crippen molar-refractivity contribution in [1.29, 1.82) is 0 Å². The molecule has 4 heteroatoms. The van der Waals surface area contributed by atoms with Crippen molar-refractivity contribution in [2.24, 2.45) is 0 Å². The minimum Gasteiger partial charge on any atom is -0.308 e. The fourth-order valence-corrected chi connectivity index (χ4v) is 10.2. The highest BCUT2D eigenvalue weighted by Gasteiger charge is 2.40. The lowest BCUT2D eigenvalue weighted by Crippen LogP contribution is -2.33. The number of fused-ring (bicyclic) bond motifs is 5. The third-order valence-electron chi connectivity index (χ3n) is 8.91. The predicted molar refractivity (Wildman–Crippen MR) is 171 cm³/mol. The Kier molecular flexibility index (Phi) is 4.58. The number of benzene rings is 6. The van der Waals surface area contributed by atoms with Gasteiger partial charge in [-0.3, -0.25) is 4.57 Å². The maximum absolute atomic E-state index is 15.6.